The van der Waals surface area contributed by atoms with E-state index in [2.05, 4.69) is 0 Å². The van der Waals surface area contributed by atoms with Crippen LogP contribution in [0.3, 0.4) is 0 Å². The summed E-state index contributed by atoms with van der Waals surface area (Å²) in [6.07, 6.45) is 0.215. The van der Waals surface area contributed by atoms with Crippen LogP contribution in [0.2, 0.25) is 0 Å². The molecule has 1 atom stereocenters. The zero-order valence-electron chi connectivity index (χ0n) is 7.04. The molecule has 0 aliphatic heterocycles. The highest BCUT2D eigenvalue weighted by Gasteiger charge is 2.13. The molecule has 0 heterocycles. The maximum absolute atomic E-state index is 10.6. The van der Waals surface area contributed by atoms with Gasteiger partial charge in [-0.1, -0.05) is 0 Å². The van der Waals surface area contributed by atoms with Gasteiger partial charge >= 0.3 is 0 Å². The zero-order chi connectivity index (χ0) is 10.3. The van der Waals surface area contributed by atoms with Crippen molar-refractivity contribution < 1.29 is 13.5 Å². The molecule has 0 radical (unpaired) electrons. The van der Waals surface area contributed by atoms with Crippen molar-refractivity contribution >= 4 is 38.4 Å². The van der Waals surface area contributed by atoms with Crippen LogP contribution in [0.5, 0.6) is 0 Å². The minimum Gasteiger partial charge on any atom is -0.388 e. The molecule has 1 unspecified atom stereocenters. The first-order valence-corrected chi connectivity index (χ1v) is 6.02. The lowest BCUT2D eigenvalue weighted by Crippen LogP contribution is -2.21. The quantitative estimate of drug-likeness (QED) is 0.563. The van der Waals surface area contributed by atoms with Gasteiger partial charge in [0, 0.05) is 11.8 Å². The highest BCUT2D eigenvalue weighted by Crippen LogP contribution is 2.04. The first-order valence-electron chi connectivity index (χ1n) is 3.88. The Bertz CT molecular complexity index is 253. The minimum atomic E-state index is -2.35. The van der Waals surface area contributed by atoms with Crippen LogP contribution >= 0.6 is 23.2 Å². The number of halogens is 2. The molecule has 0 saturated heterocycles. The van der Waals surface area contributed by atoms with E-state index in [1.165, 1.54) is 0 Å². The van der Waals surface area contributed by atoms with E-state index in [0.29, 0.717) is 18.7 Å². The number of aliphatic hydroxyl groups excluding tert-OH is 1. The molecular weight excluding hydrogens is 235 g/mol. The molecule has 6 heteroatoms. The Hall–Kier alpha value is 0.230. The number of hydrogen-bond acceptors (Lipinski definition) is 3. The average molecular weight is 247 g/mol. The molecule has 0 saturated carbocycles. The van der Waals surface area contributed by atoms with Gasteiger partial charge in [0.25, 0.3) is 0 Å². The van der Waals surface area contributed by atoms with Crippen molar-refractivity contribution in [3.63, 3.8) is 0 Å². The van der Waals surface area contributed by atoms with Gasteiger partial charge in [0.15, 0.2) is 0 Å². The molecule has 0 amide bonds. The lowest BCUT2D eigenvalue weighted by molar-refractivity contribution is 0.230. The van der Waals surface area contributed by atoms with Gasteiger partial charge in [-0.05, 0) is 19.3 Å². The smallest absolute Gasteiger partial charge is 0.215 e. The summed E-state index contributed by atoms with van der Waals surface area (Å²) in [5, 5.41) is 9.39. The highest BCUT2D eigenvalue weighted by atomic mass is 35.5. The molecule has 0 aromatic carbocycles. The van der Waals surface area contributed by atoms with E-state index >= 15 is 0 Å². The van der Waals surface area contributed by atoms with Crippen LogP contribution in [0.4, 0.5) is 0 Å². The van der Waals surface area contributed by atoms with Crippen LogP contribution < -0.4 is 0 Å². The first-order chi connectivity index (χ1) is 6.13. The summed E-state index contributed by atoms with van der Waals surface area (Å²) in [6.45, 7) is 0. The topological polar surface area (TPSA) is 54.4 Å². The molecule has 0 aromatic heterocycles. The fourth-order valence-electron chi connectivity index (χ4n) is 0.886. The summed E-state index contributed by atoms with van der Waals surface area (Å²) in [5.41, 5.74) is 0. The van der Waals surface area contributed by atoms with Gasteiger partial charge in [-0.3, -0.25) is 0 Å². The Morgan fingerprint density at radius 1 is 1.31 bits per heavy atom. The van der Waals surface area contributed by atoms with E-state index in [1.807, 2.05) is 0 Å². The predicted molar refractivity (Wildman–Crippen MR) is 55.2 cm³/mol. The molecule has 13 heavy (non-hydrogen) atoms. The Labute approximate surface area is 89.2 Å². The standard InChI is InChI=1S/C7H12Cl2O3S/c8-4-1-2-6(10)7(3-5-9)13(11)12/h6,10H,1-5H2. The van der Waals surface area contributed by atoms with E-state index in [-0.39, 0.29) is 17.2 Å². The Morgan fingerprint density at radius 3 is 2.31 bits per heavy atom. The van der Waals surface area contributed by atoms with Gasteiger partial charge in [-0.25, -0.2) is 0 Å². The molecule has 78 valence electrons. The molecule has 0 aliphatic carbocycles. The van der Waals surface area contributed by atoms with Gasteiger partial charge < -0.3 is 5.11 Å². The second kappa shape index (κ2) is 7.62. The fourth-order valence-corrected chi connectivity index (χ4v) is 1.96. The molecule has 0 spiro atoms. The van der Waals surface area contributed by atoms with E-state index in [0.717, 1.165) is 0 Å². The van der Waals surface area contributed by atoms with Crippen molar-refractivity contribution in [3.05, 3.63) is 0 Å². The van der Waals surface area contributed by atoms with Crippen molar-refractivity contribution in [2.24, 2.45) is 0 Å². The maximum Gasteiger partial charge on any atom is 0.215 e. The Morgan fingerprint density at radius 2 is 1.92 bits per heavy atom. The van der Waals surface area contributed by atoms with Gasteiger partial charge in [-0.2, -0.15) is 8.42 Å². The van der Waals surface area contributed by atoms with Crippen molar-refractivity contribution in [1.82, 2.24) is 0 Å². The van der Waals surface area contributed by atoms with Crippen LogP contribution in [-0.2, 0) is 10.3 Å². The van der Waals surface area contributed by atoms with E-state index < -0.39 is 16.4 Å². The second-order valence-corrected chi connectivity index (χ2v) is 4.24. The summed E-state index contributed by atoms with van der Waals surface area (Å²) in [4.78, 5) is 0.0696. The number of hydrogen-bond donors (Lipinski definition) is 1. The second-order valence-electron chi connectivity index (χ2n) is 2.49. The van der Waals surface area contributed by atoms with Gasteiger partial charge in [0.2, 0.25) is 10.3 Å². The molecule has 3 nitrogen and oxygen atoms in total. The molecule has 0 bridgehead atoms. The maximum atomic E-state index is 10.6. The lowest BCUT2D eigenvalue weighted by atomic mass is 10.1. The third-order valence-corrected chi connectivity index (χ3v) is 2.90. The monoisotopic (exact) mass is 246 g/mol. The largest absolute Gasteiger partial charge is 0.388 e. The van der Waals surface area contributed by atoms with Crippen LogP contribution in [0.15, 0.2) is 0 Å². The molecule has 0 fully saturated rings. The average Bonchev–Trinajstić information content (AvgIpc) is 2.09. The summed E-state index contributed by atoms with van der Waals surface area (Å²) < 4.78 is 21.2. The third-order valence-electron chi connectivity index (χ3n) is 1.54. The predicted octanol–water partition coefficient (Wildman–Crippen LogP) is 1.05. The van der Waals surface area contributed by atoms with Gasteiger partial charge in [0.1, 0.15) is 0 Å². The van der Waals surface area contributed by atoms with Crippen LogP contribution in [0, 0.1) is 0 Å². The third kappa shape index (κ3) is 5.52. The number of rotatable bonds is 6. The molecule has 0 aromatic rings. The van der Waals surface area contributed by atoms with Gasteiger partial charge in [0.05, 0.1) is 11.0 Å². The minimum absolute atomic E-state index is 0.0696. The molecule has 0 rings (SSSR count). The highest BCUT2D eigenvalue weighted by molar-refractivity contribution is 7.73. The van der Waals surface area contributed by atoms with Crippen LogP contribution in [0.25, 0.3) is 0 Å². The Balaban J connectivity index is 4.31. The number of aliphatic hydroxyl groups is 1. The van der Waals surface area contributed by atoms with Crippen molar-refractivity contribution in [1.29, 1.82) is 0 Å². The summed E-state index contributed by atoms with van der Waals surface area (Å²) >= 11 is 10.8. The summed E-state index contributed by atoms with van der Waals surface area (Å²) in [5.74, 6) is 0.609. The number of alkyl halides is 2. The summed E-state index contributed by atoms with van der Waals surface area (Å²) in [6, 6.07) is 0. The van der Waals surface area contributed by atoms with E-state index in [1.54, 1.807) is 0 Å². The van der Waals surface area contributed by atoms with Crippen molar-refractivity contribution in [2.45, 2.75) is 25.4 Å². The molecule has 1 N–H and O–H groups in total. The van der Waals surface area contributed by atoms with Crippen molar-refractivity contribution in [3.8, 4) is 0 Å². The van der Waals surface area contributed by atoms with Crippen molar-refractivity contribution in [2.75, 3.05) is 11.8 Å². The van der Waals surface area contributed by atoms with Crippen LogP contribution in [-0.4, -0.2) is 36.3 Å². The SMILES string of the molecule is O=S(=O)=C(CCCl)C(O)CCCCl. The fraction of sp³-hybridized carbons (Fsp3) is 0.857. The molecular formula is C7H12Cl2O3S. The van der Waals surface area contributed by atoms with Gasteiger partial charge in [-0.15, -0.1) is 23.2 Å². The van der Waals surface area contributed by atoms with E-state index in [4.69, 9.17) is 23.2 Å². The lowest BCUT2D eigenvalue weighted by Gasteiger charge is -2.08. The first kappa shape index (κ1) is 13.2. The summed E-state index contributed by atoms with van der Waals surface area (Å²) in [7, 11) is -2.35. The Kier molecular flexibility index (Phi) is 7.75. The van der Waals surface area contributed by atoms with Crippen LogP contribution in [0.1, 0.15) is 19.3 Å². The normalized spacial score (nSPS) is 12.5. The zero-order valence-corrected chi connectivity index (χ0v) is 9.37. The molecule has 0 aliphatic rings. The van der Waals surface area contributed by atoms with E-state index in [9.17, 15) is 13.5 Å².